The van der Waals surface area contributed by atoms with E-state index < -0.39 is 5.82 Å². The highest BCUT2D eigenvalue weighted by molar-refractivity contribution is 6.01. The third-order valence-corrected chi connectivity index (χ3v) is 3.32. The Morgan fingerprint density at radius 1 is 1.20 bits per heavy atom. The average molecular weight is 272 g/mol. The molecular weight excluding hydrogens is 255 g/mol. The van der Waals surface area contributed by atoms with Crippen LogP contribution in [0.4, 0.5) is 4.39 Å². The molecule has 0 N–H and O–H groups in total. The third-order valence-electron chi connectivity index (χ3n) is 3.32. The number of ketones is 1. The van der Waals surface area contributed by atoms with Crippen molar-refractivity contribution in [3.63, 3.8) is 0 Å². The van der Waals surface area contributed by atoms with Gasteiger partial charge in [-0.05, 0) is 24.1 Å². The zero-order valence-electron chi connectivity index (χ0n) is 11.6. The van der Waals surface area contributed by atoms with Gasteiger partial charge in [0.15, 0.2) is 5.78 Å². The molecule has 0 aliphatic carbocycles. The second-order valence-electron chi connectivity index (χ2n) is 4.62. The number of halogens is 1. The van der Waals surface area contributed by atoms with Crippen molar-refractivity contribution in [2.24, 2.45) is 0 Å². The summed E-state index contributed by atoms with van der Waals surface area (Å²) >= 11 is 0. The summed E-state index contributed by atoms with van der Waals surface area (Å²) in [5.74, 6) is -0.453. The van der Waals surface area contributed by atoms with Crippen LogP contribution >= 0.6 is 0 Å². The number of carbonyl (C=O) groups is 1. The number of ether oxygens (including phenoxy) is 1. The molecule has 2 rings (SSSR count). The van der Waals surface area contributed by atoms with E-state index in [1.54, 1.807) is 6.07 Å². The molecule has 1 atom stereocenters. The Morgan fingerprint density at radius 2 is 1.90 bits per heavy atom. The molecule has 0 aromatic heterocycles. The minimum Gasteiger partial charge on any atom is -0.497 e. The molecule has 0 spiro atoms. The van der Waals surface area contributed by atoms with Crippen molar-refractivity contribution in [1.29, 1.82) is 0 Å². The van der Waals surface area contributed by atoms with Crippen LogP contribution in [0.2, 0.25) is 0 Å². The van der Waals surface area contributed by atoms with Gasteiger partial charge >= 0.3 is 0 Å². The summed E-state index contributed by atoms with van der Waals surface area (Å²) < 4.78 is 18.5. The van der Waals surface area contributed by atoms with E-state index in [4.69, 9.17) is 4.74 Å². The van der Waals surface area contributed by atoms with Crippen LogP contribution in [0.3, 0.4) is 0 Å². The predicted molar refractivity (Wildman–Crippen MR) is 76.8 cm³/mol. The fraction of sp³-hybridized carbons (Fsp3) is 0.235. The van der Waals surface area contributed by atoms with Crippen molar-refractivity contribution in [3.05, 3.63) is 65.5 Å². The molecule has 2 nitrogen and oxygen atoms in total. The van der Waals surface area contributed by atoms with Gasteiger partial charge < -0.3 is 4.74 Å². The van der Waals surface area contributed by atoms with Crippen LogP contribution in [-0.2, 0) is 0 Å². The molecule has 0 saturated carbocycles. The standard InChI is InChI=1S/C17H17FO2/c1-3-16(12-7-5-4-6-8-12)17(19)13-9-14(18)11-15(10-13)20-2/h4-11,16H,3H2,1-2H3. The highest BCUT2D eigenvalue weighted by atomic mass is 19.1. The zero-order valence-corrected chi connectivity index (χ0v) is 11.6. The van der Waals surface area contributed by atoms with Gasteiger partial charge in [-0.15, -0.1) is 0 Å². The molecule has 20 heavy (non-hydrogen) atoms. The summed E-state index contributed by atoms with van der Waals surface area (Å²) in [6.07, 6.45) is 0.668. The second-order valence-corrected chi connectivity index (χ2v) is 4.62. The fourth-order valence-corrected chi connectivity index (χ4v) is 2.28. The SMILES string of the molecule is CCC(C(=O)c1cc(F)cc(OC)c1)c1ccccc1. The van der Waals surface area contributed by atoms with Gasteiger partial charge in [0, 0.05) is 17.5 Å². The van der Waals surface area contributed by atoms with E-state index in [0.29, 0.717) is 17.7 Å². The number of benzene rings is 2. The molecule has 2 aromatic rings. The van der Waals surface area contributed by atoms with Gasteiger partial charge in [-0.2, -0.15) is 0 Å². The molecule has 3 heteroatoms. The molecule has 2 aromatic carbocycles. The van der Waals surface area contributed by atoms with Crippen LogP contribution in [0.25, 0.3) is 0 Å². The van der Waals surface area contributed by atoms with Crippen molar-refractivity contribution in [1.82, 2.24) is 0 Å². The lowest BCUT2D eigenvalue weighted by Gasteiger charge is -2.15. The van der Waals surface area contributed by atoms with Gasteiger partial charge in [-0.1, -0.05) is 37.3 Å². The van der Waals surface area contributed by atoms with E-state index in [-0.39, 0.29) is 11.7 Å². The summed E-state index contributed by atoms with van der Waals surface area (Å²) in [5, 5.41) is 0. The molecule has 0 fully saturated rings. The molecule has 0 aliphatic heterocycles. The summed E-state index contributed by atoms with van der Waals surface area (Å²) in [7, 11) is 1.46. The number of methoxy groups -OCH3 is 1. The summed E-state index contributed by atoms with van der Waals surface area (Å²) in [6.45, 7) is 1.95. The summed E-state index contributed by atoms with van der Waals surface area (Å²) in [4.78, 5) is 12.6. The van der Waals surface area contributed by atoms with E-state index >= 15 is 0 Å². The quantitative estimate of drug-likeness (QED) is 0.762. The summed E-state index contributed by atoms with van der Waals surface area (Å²) in [5.41, 5.74) is 1.29. The summed E-state index contributed by atoms with van der Waals surface area (Å²) in [6, 6.07) is 13.7. The smallest absolute Gasteiger partial charge is 0.170 e. The van der Waals surface area contributed by atoms with Gasteiger partial charge in [0.25, 0.3) is 0 Å². The molecule has 0 bridgehead atoms. The first-order valence-electron chi connectivity index (χ1n) is 6.59. The first-order chi connectivity index (χ1) is 9.65. The minimum absolute atomic E-state index is 0.0866. The topological polar surface area (TPSA) is 26.3 Å². The van der Waals surface area contributed by atoms with Crippen molar-refractivity contribution in [2.75, 3.05) is 7.11 Å². The lowest BCUT2D eigenvalue weighted by atomic mass is 9.88. The fourth-order valence-electron chi connectivity index (χ4n) is 2.28. The Morgan fingerprint density at radius 3 is 2.50 bits per heavy atom. The molecule has 0 aliphatic rings. The Bertz CT molecular complexity index is 593. The average Bonchev–Trinajstić information content (AvgIpc) is 2.48. The highest BCUT2D eigenvalue weighted by Gasteiger charge is 2.21. The van der Waals surface area contributed by atoms with Crippen molar-refractivity contribution in [3.8, 4) is 5.75 Å². The Kier molecular flexibility index (Phi) is 4.51. The number of hydrogen-bond donors (Lipinski definition) is 0. The van der Waals surface area contributed by atoms with Gasteiger partial charge in [-0.25, -0.2) is 4.39 Å². The number of hydrogen-bond acceptors (Lipinski definition) is 2. The normalized spacial score (nSPS) is 11.9. The predicted octanol–water partition coefficient (Wildman–Crippen LogP) is 4.21. The van der Waals surface area contributed by atoms with Crippen molar-refractivity contribution >= 4 is 5.78 Å². The molecule has 104 valence electrons. The monoisotopic (exact) mass is 272 g/mol. The van der Waals surface area contributed by atoms with E-state index in [2.05, 4.69) is 0 Å². The largest absolute Gasteiger partial charge is 0.497 e. The molecule has 0 radical (unpaired) electrons. The Labute approximate surface area is 118 Å². The molecule has 1 unspecified atom stereocenters. The van der Waals surface area contributed by atoms with Crippen molar-refractivity contribution in [2.45, 2.75) is 19.3 Å². The second kappa shape index (κ2) is 6.33. The molecule has 0 saturated heterocycles. The van der Waals surface area contributed by atoms with Gasteiger partial charge in [-0.3, -0.25) is 4.79 Å². The minimum atomic E-state index is -0.462. The van der Waals surface area contributed by atoms with Crippen LogP contribution < -0.4 is 4.74 Å². The lowest BCUT2D eigenvalue weighted by Crippen LogP contribution is -2.12. The van der Waals surface area contributed by atoms with Crippen LogP contribution in [0.5, 0.6) is 5.75 Å². The molecule has 0 amide bonds. The first kappa shape index (κ1) is 14.3. The van der Waals surface area contributed by atoms with Crippen LogP contribution in [0.15, 0.2) is 48.5 Å². The van der Waals surface area contributed by atoms with Crippen molar-refractivity contribution < 1.29 is 13.9 Å². The van der Waals surface area contributed by atoms with E-state index in [1.165, 1.54) is 19.2 Å². The Balaban J connectivity index is 2.36. The maximum atomic E-state index is 13.5. The zero-order chi connectivity index (χ0) is 14.5. The van der Waals surface area contributed by atoms with Crippen LogP contribution in [0.1, 0.15) is 35.2 Å². The highest BCUT2D eigenvalue weighted by Crippen LogP contribution is 2.26. The van der Waals surface area contributed by atoms with Crippen LogP contribution in [-0.4, -0.2) is 12.9 Å². The van der Waals surface area contributed by atoms with Gasteiger partial charge in [0.1, 0.15) is 11.6 Å². The van der Waals surface area contributed by atoms with Crippen LogP contribution in [0, 0.1) is 5.82 Å². The lowest BCUT2D eigenvalue weighted by molar-refractivity contribution is 0.0956. The van der Waals surface area contributed by atoms with E-state index in [1.807, 2.05) is 37.3 Å². The number of Topliss-reactive ketones (excluding diaryl/α,β-unsaturated/α-hetero) is 1. The van der Waals surface area contributed by atoms with Gasteiger partial charge in [0.05, 0.1) is 7.11 Å². The molecular formula is C17H17FO2. The maximum Gasteiger partial charge on any atom is 0.170 e. The first-order valence-corrected chi connectivity index (χ1v) is 6.59. The third kappa shape index (κ3) is 3.05. The van der Waals surface area contributed by atoms with E-state index in [9.17, 15) is 9.18 Å². The molecule has 0 heterocycles. The Hall–Kier alpha value is -2.16. The van der Waals surface area contributed by atoms with E-state index in [0.717, 1.165) is 5.56 Å². The maximum absolute atomic E-state index is 13.5. The van der Waals surface area contributed by atoms with Gasteiger partial charge in [0.2, 0.25) is 0 Å². The number of carbonyl (C=O) groups excluding carboxylic acids is 1. The number of rotatable bonds is 5.